The van der Waals surface area contributed by atoms with Crippen molar-refractivity contribution in [3.05, 3.63) is 35.5 Å². The van der Waals surface area contributed by atoms with E-state index in [2.05, 4.69) is 0 Å². The number of ketones is 1. The normalized spacial score (nSPS) is 17.6. The maximum absolute atomic E-state index is 12.9. The molecule has 0 N–H and O–H groups in total. The minimum absolute atomic E-state index is 0.176. The van der Waals surface area contributed by atoms with Gasteiger partial charge >= 0.3 is 6.18 Å². The molecule has 3 rings (SSSR count). The molecule has 1 fully saturated rings. The van der Waals surface area contributed by atoms with Crippen molar-refractivity contribution in [3.8, 4) is 0 Å². The molecule has 0 unspecified atom stereocenters. The van der Waals surface area contributed by atoms with Crippen LogP contribution < -0.4 is 0 Å². The lowest BCUT2D eigenvalue weighted by molar-refractivity contribution is -0.137. The number of nitrogens with zero attached hydrogens (tertiary/aromatic N) is 1. The van der Waals surface area contributed by atoms with E-state index < -0.39 is 11.7 Å². The molecular formula is C16H16F3NO. The maximum Gasteiger partial charge on any atom is 0.416 e. The number of halogens is 3. The van der Waals surface area contributed by atoms with Gasteiger partial charge in [0.25, 0.3) is 0 Å². The third-order valence-electron chi connectivity index (χ3n) is 4.33. The molecule has 0 atom stereocenters. The largest absolute Gasteiger partial charge is 0.416 e. The van der Waals surface area contributed by atoms with Gasteiger partial charge in [0.15, 0.2) is 0 Å². The molecule has 1 heterocycles. The van der Waals surface area contributed by atoms with Crippen LogP contribution in [0.3, 0.4) is 0 Å². The number of benzene rings is 1. The van der Waals surface area contributed by atoms with Crippen LogP contribution in [-0.2, 0) is 18.0 Å². The minimum atomic E-state index is -4.33. The van der Waals surface area contributed by atoms with E-state index in [0.717, 1.165) is 30.0 Å². The summed E-state index contributed by atoms with van der Waals surface area (Å²) in [7, 11) is 1.84. The molecule has 112 valence electrons. The number of aromatic nitrogens is 1. The number of hydrogen-bond acceptors (Lipinski definition) is 1. The van der Waals surface area contributed by atoms with E-state index in [0.29, 0.717) is 18.2 Å². The number of aryl methyl sites for hydroxylation is 1. The van der Waals surface area contributed by atoms with Crippen LogP contribution in [0, 0.1) is 0 Å². The summed E-state index contributed by atoms with van der Waals surface area (Å²) in [5.41, 5.74) is 1.12. The van der Waals surface area contributed by atoms with E-state index in [9.17, 15) is 18.0 Å². The van der Waals surface area contributed by atoms with Crippen LogP contribution in [0.4, 0.5) is 13.2 Å². The van der Waals surface area contributed by atoms with E-state index in [4.69, 9.17) is 0 Å². The second kappa shape index (κ2) is 4.90. The Morgan fingerprint density at radius 2 is 1.86 bits per heavy atom. The lowest BCUT2D eigenvalue weighted by Crippen LogP contribution is -2.12. The van der Waals surface area contributed by atoms with E-state index >= 15 is 0 Å². The SMILES string of the molecule is Cn1cc(C2CCC(=O)CC2)c2cc(C(F)(F)F)ccc21. The van der Waals surface area contributed by atoms with Crippen molar-refractivity contribution in [3.63, 3.8) is 0 Å². The minimum Gasteiger partial charge on any atom is -0.350 e. The Hall–Kier alpha value is -1.78. The molecule has 1 saturated carbocycles. The van der Waals surface area contributed by atoms with Crippen molar-refractivity contribution >= 4 is 16.7 Å². The number of carbonyl (C=O) groups is 1. The van der Waals surface area contributed by atoms with Gasteiger partial charge in [0, 0.05) is 37.0 Å². The Bertz CT molecular complexity index is 689. The molecule has 1 aromatic carbocycles. The van der Waals surface area contributed by atoms with Crippen molar-refractivity contribution in [1.29, 1.82) is 0 Å². The monoisotopic (exact) mass is 295 g/mol. The Morgan fingerprint density at radius 3 is 2.48 bits per heavy atom. The van der Waals surface area contributed by atoms with Gasteiger partial charge in [-0.25, -0.2) is 0 Å². The third-order valence-corrected chi connectivity index (χ3v) is 4.33. The summed E-state index contributed by atoms with van der Waals surface area (Å²) < 4.78 is 40.6. The molecule has 1 aromatic heterocycles. The van der Waals surface area contributed by atoms with Crippen LogP contribution in [0.15, 0.2) is 24.4 Å². The number of Topliss-reactive ketones (excluding diaryl/α,β-unsaturated/α-hetero) is 1. The Balaban J connectivity index is 2.07. The van der Waals surface area contributed by atoms with Crippen molar-refractivity contribution in [2.75, 3.05) is 0 Å². The highest BCUT2D eigenvalue weighted by molar-refractivity contribution is 5.86. The Labute approximate surface area is 120 Å². The summed E-state index contributed by atoms with van der Waals surface area (Å²) in [5.74, 6) is 0.428. The van der Waals surface area contributed by atoms with Crippen molar-refractivity contribution in [2.45, 2.75) is 37.8 Å². The molecule has 0 saturated heterocycles. The van der Waals surface area contributed by atoms with Gasteiger partial charge in [-0.1, -0.05) is 0 Å². The van der Waals surface area contributed by atoms with Crippen LogP contribution in [0.5, 0.6) is 0 Å². The fourth-order valence-corrected chi connectivity index (χ4v) is 3.17. The zero-order valence-corrected chi connectivity index (χ0v) is 11.7. The topological polar surface area (TPSA) is 22.0 Å². The third kappa shape index (κ3) is 2.57. The lowest BCUT2D eigenvalue weighted by Gasteiger charge is -2.20. The van der Waals surface area contributed by atoms with Crippen molar-refractivity contribution < 1.29 is 18.0 Å². The first-order valence-corrected chi connectivity index (χ1v) is 7.04. The van der Waals surface area contributed by atoms with E-state index in [-0.39, 0.29) is 11.7 Å². The quantitative estimate of drug-likeness (QED) is 0.763. The fraction of sp³-hybridized carbons (Fsp3) is 0.438. The highest BCUT2D eigenvalue weighted by Crippen LogP contribution is 2.38. The van der Waals surface area contributed by atoms with Crippen molar-refractivity contribution in [2.24, 2.45) is 7.05 Å². The van der Waals surface area contributed by atoms with Crippen LogP contribution in [0.2, 0.25) is 0 Å². The first kappa shape index (κ1) is 14.2. The summed E-state index contributed by atoms with van der Waals surface area (Å²) in [4.78, 5) is 11.3. The smallest absolute Gasteiger partial charge is 0.350 e. The number of fused-ring (bicyclic) bond motifs is 1. The van der Waals surface area contributed by atoms with Crippen LogP contribution in [-0.4, -0.2) is 10.4 Å². The zero-order valence-electron chi connectivity index (χ0n) is 11.7. The Morgan fingerprint density at radius 1 is 1.19 bits per heavy atom. The molecule has 0 radical (unpaired) electrons. The van der Waals surface area contributed by atoms with Gasteiger partial charge in [-0.05, 0) is 42.5 Å². The average molecular weight is 295 g/mol. The Kier molecular flexibility index (Phi) is 3.30. The van der Waals surface area contributed by atoms with Gasteiger partial charge in [-0.15, -0.1) is 0 Å². The lowest BCUT2D eigenvalue weighted by atomic mass is 9.83. The predicted molar refractivity (Wildman–Crippen MR) is 74.1 cm³/mol. The molecule has 2 aromatic rings. The standard InChI is InChI=1S/C16H16F3NO/c1-20-9-14(10-2-5-12(21)6-3-10)13-8-11(16(17,18)19)4-7-15(13)20/h4,7-10H,2-3,5-6H2,1H3. The van der Waals surface area contributed by atoms with E-state index in [1.807, 2.05) is 17.8 Å². The highest BCUT2D eigenvalue weighted by Gasteiger charge is 2.31. The van der Waals surface area contributed by atoms with Crippen LogP contribution in [0.25, 0.3) is 10.9 Å². The maximum atomic E-state index is 12.9. The van der Waals surface area contributed by atoms with Crippen LogP contribution in [0.1, 0.15) is 42.7 Å². The predicted octanol–water partition coefficient (Wildman–Crippen LogP) is 4.42. The molecule has 21 heavy (non-hydrogen) atoms. The molecule has 5 heteroatoms. The van der Waals surface area contributed by atoms with Gasteiger partial charge in [-0.2, -0.15) is 13.2 Å². The first-order valence-electron chi connectivity index (χ1n) is 7.04. The molecule has 0 aliphatic heterocycles. The second-order valence-corrected chi connectivity index (χ2v) is 5.74. The zero-order chi connectivity index (χ0) is 15.2. The number of alkyl halides is 3. The number of carbonyl (C=O) groups excluding carboxylic acids is 1. The van der Waals surface area contributed by atoms with Gasteiger partial charge in [0.1, 0.15) is 5.78 Å². The number of hydrogen-bond donors (Lipinski definition) is 0. The average Bonchev–Trinajstić information content (AvgIpc) is 2.76. The van der Waals surface area contributed by atoms with E-state index in [1.54, 1.807) is 0 Å². The summed E-state index contributed by atoms with van der Waals surface area (Å²) in [5, 5.41) is 0.659. The number of rotatable bonds is 1. The highest BCUT2D eigenvalue weighted by atomic mass is 19.4. The summed E-state index contributed by atoms with van der Waals surface area (Å²) in [6.45, 7) is 0. The van der Waals surface area contributed by atoms with Gasteiger partial charge < -0.3 is 4.57 Å². The molecule has 0 bridgehead atoms. The molecule has 2 nitrogen and oxygen atoms in total. The van der Waals surface area contributed by atoms with Crippen molar-refractivity contribution in [1.82, 2.24) is 4.57 Å². The fourth-order valence-electron chi connectivity index (χ4n) is 3.17. The van der Waals surface area contributed by atoms with Gasteiger partial charge in [-0.3, -0.25) is 4.79 Å². The first-order chi connectivity index (χ1) is 9.86. The molecule has 1 aliphatic carbocycles. The molecular weight excluding hydrogens is 279 g/mol. The summed E-state index contributed by atoms with van der Waals surface area (Å²) >= 11 is 0. The van der Waals surface area contributed by atoms with E-state index in [1.165, 1.54) is 12.1 Å². The molecule has 1 aliphatic rings. The van der Waals surface area contributed by atoms with Crippen LogP contribution >= 0.6 is 0 Å². The molecule has 0 spiro atoms. The summed E-state index contributed by atoms with van der Waals surface area (Å²) in [6.07, 6.45) is 0.0948. The van der Waals surface area contributed by atoms with Gasteiger partial charge in [0.05, 0.1) is 5.56 Å². The summed E-state index contributed by atoms with van der Waals surface area (Å²) in [6, 6.07) is 3.88. The molecule has 0 amide bonds. The van der Waals surface area contributed by atoms with Gasteiger partial charge in [0.2, 0.25) is 0 Å². The second-order valence-electron chi connectivity index (χ2n) is 5.74.